The Morgan fingerprint density at radius 1 is 1.12 bits per heavy atom. The Labute approximate surface area is 168 Å². The maximum Gasteiger partial charge on any atom is 1.00 e. The van der Waals surface area contributed by atoms with Crippen molar-refractivity contribution in [2.24, 2.45) is 4.99 Å². The van der Waals surface area contributed by atoms with Gasteiger partial charge in [-0.05, 0) is 48.7 Å². The van der Waals surface area contributed by atoms with Gasteiger partial charge in [-0.3, -0.25) is 4.99 Å². The van der Waals surface area contributed by atoms with E-state index in [2.05, 4.69) is 22.8 Å². The molecule has 0 heterocycles. The summed E-state index contributed by atoms with van der Waals surface area (Å²) in [5.41, 5.74) is 2.10. The van der Waals surface area contributed by atoms with Crippen LogP contribution in [0.15, 0.2) is 53.5 Å². The quantitative estimate of drug-likeness (QED) is 0.325. The summed E-state index contributed by atoms with van der Waals surface area (Å²) < 4.78 is 0. The van der Waals surface area contributed by atoms with Crippen LogP contribution in [-0.4, -0.2) is 23.0 Å². The van der Waals surface area contributed by atoms with Gasteiger partial charge in [0, 0.05) is 16.7 Å². The fraction of sp³-hybridized carbons (Fsp3) is 0.100. The van der Waals surface area contributed by atoms with Crippen LogP contribution in [0.4, 0.5) is 0 Å². The van der Waals surface area contributed by atoms with Crippen LogP contribution in [0.2, 0.25) is 0 Å². The topological polar surface area (TPSA) is 72.7 Å². The van der Waals surface area contributed by atoms with E-state index in [1.54, 1.807) is 12.1 Å². The molecule has 0 aliphatic carbocycles. The molecule has 0 radical (unpaired) electrons. The van der Waals surface area contributed by atoms with Crippen LogP contribution in [0.5, 0.6) is 0 Å². The first-order chi connectivity index (χ1) is 11.5. The van der Waals surface area contributed by atoms with E-state index in [1.165, 1.54) is 13.0 Å². The maximum atomic E-state index is 12.1. The molecular formula is C20H14NNaO3. The molecule has 0 aliphatic heterocycles. The van der Waals surface area contributed by atoms with E-state index >= 15 is 0 Å². The second-order valence-corrected chi connectivity index (χ2v) is 5.01. The fourth-order valence-electron chi connectivity index (χ4n) is 1.88. The minimum Gasteiger partial charge on any atom is -0.858 e. The molecule has 0 bridgehead atoms. The summed E-state index contributed by atoms with van der Waals surface area (Å²) in [5.74, 6) is 6.59. The van der Waals surface area contributed by atoms with Gasteiger partial charge in [0.2, 0.25) is 0 Å². The van der Waals surface area contributed by atoms with Gasteiger partial charge in [-0.2, -0.15) is 0 Å². The van der Waals surface area contributed by atoms with Gasteiger partial charge in [-0.1, -0.05) is 36.0 Å². The van der Waals surface area contributed by atoms with Crippen LogP contribution < -0.4 is 34.7 Å². The number of aliphatic carboxylic acids is 1. The first-order valence-electron chi connectivity index (χ1n) is 7.16. The molecule has 0 saturated carbocycles. The Hall–Kier alpha value is -2.50. The largest absolute Gasteiger partial charge is 1.00 e. The summed E-state index contributed by atoms with van der Waals surface area (Å²) in [7, 11) is 0. The first kappa shape index (κ1) is 20.5. The van der Waals surface area contributed by atoms with Gasteiger partial charge >= 0.3 is 35.5 Å². The molecule has 2 aromatic rings. The van der Waals surface area contributed by atoms with Crippen molar-refractivity contribution < 1.29 is 44.6 Å². The van der Waals surface area contributed by atoms with Crippen molar-refractivity contribution in [3.8, 4) is 24.2 Å². The average Bonchev–Trinajstić information content (AvgIpc) is 2.60. The normalized spacial score (nSPS) is 11.3. The zero-order chi connectivity index (χ0) is 17.5. The molecule has 0 spiro atoms. The average molecular weight is 339 g/mol. The third-order valence-electron chi connectivity index (χ3n) is 3.14. The fourth-order valence-corrected chi connectivity index (χ4v) is 1.88. The molecule has 2 aromatic carbocycles. The second-order valence-electron chi connectivity index (χ2n) is 5.01. The number of benzene rings is 2. The molecule has 0 aromatic heterocycles. The van der Waals surface area contributed by atoms with Gasteiger partial charge in [-0.25, -0.2) is 4.79 Å². The minimum atomic E-state index is -1.17. The zero-order valence-electron chi connectivity index (χ0n) is 14.0. The summed E-state index contributed by atoms with van der Waals surface area (Å²) in [5, 5.41) is 21.0. The molecule has 0 unspecified atom stereocenters. The molecule has 4 nitrogen and oxygen atoms in total. The van der Waals surface area contributed by atoms with Crippen molar-refractivity contribution in [1.29, 1.82) is 0 Å². The molecule has 5 heteroatoms. The van der Waals surface area contributed by atoms with Gasteiger partial charge in [0.05, 0.1) is 0 Å². The molecule has 2 rings (SSSR count). The van der Waals surface area contributed by atoms with Crippen LogP contribution in [0.3, 0.4) is 0 Å². The summed E-state index contributed by atoms with van der Waals surface area (Å²) in [6.45, 7) is 1.33. The van der Waals surface area contributed by atoms with Crippen LogP contribution in [0, 0.1) is 24.2 Å². The van der Waals surface area contributed by atoms with E-state index in [9.17, 15) is 9.90 Å². The van der Waals surface area contributed by atoms with E-state index in [-0.39, 0.29) is 35.1 Å². The Bertz CT molecular complexity index is 887. The standard InChI is InChI=1S/C20H15NO3.Na/c1-3-15-11-17(10-9-16-7-5-4-6-8-16)13-18(12-15)19(22)21-14(2)20(23)24;/h1,4-8,11-14H,2H3,(H,21,22)(H,23,24);/q;+1/p-1/t14-;/m0./s1. The molecule has 0 fully saturated rings. The van der Waals surface area contributed by atoms with Gasteiger partial charge in [0.1, 0.15) is 6.04 Å². The number of carboxylic acid groups (broad SMARTS) is 1. The number of aliphatic imine (C=N–C) groups is 1. The van der Waals surface area contributed by atoms with Crippen LogP contribution >= 0.6 is 0 Å². The SMILES string of the molecule is C#Cc1cc(C#Cc2ccccc2)cc(C([O-])=N[C@@H](C)C(=O)O)c1.[Na+]. The van der Waals surface area contributed by atoms with E-state index < -0.39 is 17.9 Å². The summed E-state index contributed by atoms with van der Waals surface area (Å²) in [4.78, 5) is 14.4. The summed E-state index contributed by atoms with van der Waals surface area (Å²) in [6.07, 6.45) is 5.41. The number of carboxylic acids is 1. The molecule has 0 amide bonds. The zero-order valence-corrected chi connectivity index (χ0v) is 16.0. The molecular weight excluding hydrogens is 325 g/mol. The van der Waals surface area contributed by atoms with E-state index in [0.717, 1.165) is 5.56 Å². The number of carbonyl (C=O) groups is 1. The smallest absolute Gasteiger partial charge is 0.858 e. The third kappa shape index (κ3) is 6.14. The molecule has 1 atom stereocenters. The Kier molecular flexibility index (Phi) is 7.98. The number of terminal acetylenes is 1. The Morgan fingerprint density at radius 2 is 1.72 bits per heavy atom. The minimum absolute atomic E-state index is 0. The van der Waals surface area contributed by atoms with Crippen molar-refractivity contribution in [2.45, 2.75) is 13.0 Å². The van der Waals surface area contributed by atoms with Gasteiger partial charge in [0.25, 0.3) is 0 Å². The van der Waals surface area contributed by atoms with Gasteiger partial charge in [-0.15, -0.1) is 6.42 Å². The van der Waals surface area contributed by atoms with Crippen molar-refractivity contribution in [2.75, 3.05) is 0 Å². The Balaban J connectivity index is 0.00000312. The summed E-state index contributed by atoms with van der Waals surface area (Å²) in [6, 6.07) is 13.0. The van der Waals surface area contributed by atoms with Crippen LogP contribution in [-0.2, 0) is 4.79 Å². The number of rotatable bonds is 3. The maximum absolute atomic E-state index is 12.1. The van der Waals surface area contributed by atoms with Crippen molar-refractivity contribution in [3.05, 3.63) is 70.8 Å². The second kappa shape index (κ2) is 9.71. The van der Waals surface area contributed by atoms with Crippen LogP contribution in [0.25, 0.3) is 0 Å². The predicted octanol–water partition coefficient (Wildman–Crippen LogP) is -1.35. The molecule has 118 valence electrons. The van der Waals surface area contributed by atoms with Crippen molar-refractivity contribution in [1.82, 2.24) is 0 Å². The molecule has 1 N–H and O–H groups in total. The first-order valence-corrected chi connectivity index (χ1v) is 7.16. The predicted molar refractivity (Wildman–Crippen MR) is 90.4 cm³/mol. The number of hydrogen-bond donors (Lipinski definition) is 1. The van der Waals surface area contributed by atoms with Crippen molar-refractivity contribution in [3.63, 3.8) is 0 Å². The van der Waals surface area contributed by atoms with E-state index in [1.807, 2.05) is 30.3 Å². The molecule has 0 saturated heterocycles. The molecule has 0 aliphatic rings. The van der Waals surface area contributed by atoms with Gasteiger partial charge < -0.3 is 10.2 Å². The Morgan fingerprint density at radius 3 is 2.32 bits per heavy atom. The number of hydrogen-bond acceptors (Lipinski definition) is 3. The van der Waals surface area contributed by atoms with Crippen LogP contribution in [0.1, 0.15) is 29.2 Å². The third-order valence-corrected chi connectivity index (χ3v) is 3.14. The molecule has 25 heavy (non-hydrogen) atoms. The van der Waals surface area contributed by atoms with Gasteiger partial charge in [0.15, 0.2) is 0 Å². The van der Waals surface area contributed by atoms with E-state index in [4.69, 9.17) is 11.5 Å². The monoisotopic (exact) mass is 339 g/mol. The van der Waals surface area contributed by atoms with E-state index in [0.29, 0.717) is 11.1 Å². The van der Waals surface area contributed by atoms with Crippen molar-refractivity contribution >= 4 is 11.9 Å². The summed E-state index contributed by atoms with van der Waals surface area (Å²) >= 11 is 0. The number of nitrogens with zero attached hydrogens (tertiary/aromatic N) is 1.